The number of rotatable bonds is 0. The van der Waals surface area contributed by atoms with Crippen molar-refractivity contribution in [2.75, 3.05) is 6.54 Å². The van der Waals surface area contributed by atoms with Crippen LogP contribution in [0.1, 0.15) is 11.3 Å². The van der Waals surface area contributed by atoms with Crippen LogP contribution < -0.4 is 5.32 Å². The Hall–Kier alpha value is -1.16. The summed E-state index contributed by atoms with van der Waals surface area (Å²) < 4.78 is 0. The number of hydrogen-bond donors (Lipinski definition) is 2. The number of nitrogens with zero attached hydrogens (tertiary/aromatic N) is 2. The Bertz CT molecular complexity index is 274. The minimum atomic E-state index is 0.136. The molecule has 1 aliphatic rings. The van der Waals surface area contributed by atoms with E-state index in [1.807, 2.05) is 0 Å². The highest BCUT2D eigenvalue weighted by Gasteiger charge is 2.13. The summed E-state index contributed by atoms with van der Waals surface area (Å²) in [5.41, 5.74) is 1.81. The summed E-state index contributed by atoms with van der Waals surface area (Å²) >= 11 is 0. The monoisotopic (exact) mass is 151 g/mol. The van der Waals surface area contributed by atoms with Crippen LogP contribution in [0.5, 0.6) is 5.88 Å². The number of hydrogen-bond acceptors (Lipinski definition) is 4. The lowest BCUT2D eigenvalue weighted by molar-refractivity contribution is 0.435. The Labute approximate surface area is 64.3 Å². The van der Waals surface area contributed by atoms with E-state index in [0.717, 1.165) is 30.8 Å². The van der Waals surface area contributed by atoms with Crippen LogP contribution in [0.25, 0.3) is 0 Å². The lowest BCUT2D eigenvalue weighted by atomic mass is 10.1. The Morgan fingerprint density at radius 3 is 3.18 bits per heavy atom. The molecule has 0 radical (unpaired) electrons. The SMILES string of the molecule is Oc1ncnc2c1CCNC2. The topological polar surface area (TPSA) is 58.0 Å². The first-order chi connectivity index (χ1) is 5.38. The van der Waals surface area contributed by atoms with Gasteiger partial charge in [-0.1, -0.05) is 0 Å². The van der Waals surface area contributed by atoms with Gasteiger partial charge >= 0.3 is 0 Å². The molecule has 2 N–H and O–H groups in total. The van der Waals surface area contributed by atoms with Crippen molar-refractivity contribution in [3.8, 4) is 5.88 Å². The van der Waals surface area contributed by atoms with E-state index < -0.39 is 0 Å². The standard InChI is InChI=1S/C7H9N3O/c11-7-5-1-2-8-3-6(5)9-4-10-7/h4,8H,1-3H2,(H,9,10,11). The molecule has 0 aromatic carbocycles. The minimum Gasteiger partial charge on any atom is -0.493 e. The maximum absolute atomic E-state index is 9.28. The zero-order valence-electron chi connectivity index (χ0n) is 6.04. The van der Waals surface area contributed by atoms with Crippen molar-refractivity contribution in [1.82, 2.24) is 15.3 Å². The average molecular weight is 151 g/mol. The smallest absolute Gasteiger partial charge is 0.217 e. The van der Waals surface area contributed by atoms with E-state index in [0.29, 0.717) is 0 Å². The lowest BCUT2D eigenvalue weighted by Crippen LogP contribution is -2.24. The molecular formula is C7H9N3O. The molecule has 4 nitrogen and oxygen atoms in total. The average Bonchev–Trinajstić information content (AvgIpc) is 2.06. The molecule has 0 unspecified atom stereocenters. The van der Waals surface area contributed by atoms with Crippen LogP contribution in [0.15, 0.2) is 6.33 Å². The van der Waals surface area contributed by atoms with Gasteiger partial charge in [-0.05, 0) is 13.0 Å². The summed E-state index contributed by atoms with van der Waals surface area (Å²) in [7, 11) is 0. The molecule has 0 atom stereocenters. The van der Waals surface area contributed by atoms with Gasteiger partial charge in [-0.3, -0.25) is 0 Å². The van der Waals surface area contributed by atoms with Gasteiger partial charge in [0.15, 0.2) is 0 Å². The molecule has 0 spiro atoms. The van der Waals surface area contributed by atoms with E-state index in [-0.39, 0.29) is 5.88 Å². The van der Waals surface area contributed by atoms with Gasteiger partial charge in [-0.15, -0.1) is 0 Å². The fourth-order valence-corrected chi connectivity index (χ4v) is 1.27. The summed E-state index contributed by atoms with van der Waals surface area (Å²) in [6, 6.07) is 0. The van der Waals surface area contributed by atoms with Gasteiger partial charge in [-0.2, -0.15) is 0 Å². The van der Waals surface area contributed by atoms with Gasteiger partial charge in [0, 0.05) is 12.1 Å². The molecule has 4 heteroatoms. The van der Waals surface area contributed by atoms with Gasteiger partial charge in [0.05, 0.1) is 5.69 Å². The zero-order valence-corrected chi connectivity index (χ0v) is 6.04. The molecule has 0 saturated carbocycles. The van der Waals surface area contributed by atoms with Crippen molar-refractivity contribution in [3.63, 3.8) is 0 Å². The van der Waals surface area contributed by atoms with Gasteiger partial charge in [0.2, 0.25) is 5.88 Å². The van der Waals surface area contributed by atoms with Crippen LogP contribution in [0.2, 0.25) is 0 Å². The third-order valence-electron chi connectivity index (χ3n) is 1.86. The van der Waals surface area contributed by atoms with Crippen LogP contribution in [0.4, 0.5) is 0 Å². The highest BCUT2D eigenvalue weighted by Crippen LogP contribution is 2.18. The zero-order chi connectivity index (χ0) is 7.68. The van der Waals surface area contributed by atoms with Crippen molar-refractivity contribution < 1.29 is 5.11 Å². The van der Waals surface area contributed by atoms with Crippen LogP contribution in [-0.4, -0.2) is 21.6 Å². The Kier molecular flexibility index (Phi) is 1.47. The van der Waals surface area contributed by atoms with E-state index in [2.05, 4.69) is 15.3 Å². The van der Waals surface area contributed by atoms with E-state index >= 15 is 0 Å². The number of aromatic hydroxyl groups is 1. The van der Waals surface area contributed by atoms with Crippen molar-refractivity contribution in [2.45, 2.75) is 13.0 Å². The fourth-order valence-electron chi connectivity index (χ4n) is 1.27. The number of nitrogens with one attached hydrogen (secondary N) is 1. The third-order valence-corrected chi connectivity index (χ3v) is 1.86. The third kappa shape index (κ3) is 1.05. The summed E-state index contributed by atoms with van der Waals surface area (Å²) in [5.74, 6) is 0.136. The van der Waals surface area contributed by atoms with E-state index in [1.54, 1.807) is 0 Å². The molecule has 1 aromatic heterocycles. The molecule has 0 amide bonds. The normalized spacial score (nSPS) is 16.0. The number of fused-ring (bicyclic) bond motifs is 1. The Morgan fingerprint density at radius 1 is 1.45 bits per heavy atom. The summed E-state index contributed by atoms with van der Waals surface area (Å²) in [6.07, 6.45) is 2.21. The lowest BCUT2D eigenvalue weighted by Gasteiger charge is -2.15. The van der Waals surface area contributed by atoms with E-state index in [4.69, 9.17) is 0 Å². The molecule has 0 saturated heterocycles. The molecule has 11 heavy (non-hydrogen) atoms. The fraction of sp³-hybridized carbons (Fsp3) is 0.429. The van der Waals surface area contributed by atoms with Crippen molar-refractivity contribution in [2.24, 2.45) is 0 Å². The first-order valence-corrected chi connectivity index (χ1v) is 3.60. The molecule has 2 rings (SSSR count). The van der Waals surface area contributed by atoms with E-state index in [9.17, 15) is 5.11 Å². The largest absolute Gasteiger partial charge is 0.493 e. The van der Waals surface area contributed by atoms with Crippen LogP contribution in [0.3, 0.4) is 0 Å². The molecule has 1 aromatic rings. The summed E-state index contributed by atoms with van der Waals surface area (Å²) in [4.78, 5) is 7.76. The van der Waals surface area contributed by atoms with Crippen LogP contribution >= 0.6 is 0 Å². The first-order valence-electron chi connectivity index (χ1n) is 3.60. The maximum atomic E-state index is 9.28. The predicted molar refractivity (Wildman–Crippen MR) is 39.1 cm³/mol. The van der Waals surface area contributed by atoms with Gasteiger partial charge in [0.25, 0.3) is 0 Å². The second-order valence-electron chi connectivity index (χ2n) is 2.55. The van der Waals surface area contributed by atoms with Crippen molar-refractivity contribution >= 4 is 0 Å². The molecule has 0 fully saturated rings. The molecule has 58 valence electrons. The first kappa shape index (κ1) is 6.54. The molecule has 2 heterocycles. The highest BCUT2D eigenvalue weighted by molar-refractivity contribution is 5.30. The second-order valence-corrected chi connectivity index (χ2v) is 2.55. The van der Waals surface area contributed by atoms with Crippen molar-refractivity contribution in [1.29, 1.82) is 0 Å². The molecule has 0 bridgehead atoms. The maximum Gasteiger partial charge on any atom is 0.217 e. The van der Waals surface area contributed by atoms with Gasteiger partial charge in [0.1, 0.15) is 6.33 Å². The van der Waals surface area contributed by atoms with Gasteiger partial charge in [-0.25, -0.2) is 9.97 Å². The second kappa shape index (κ2) is 2.47. The Morgan fingerprint density at radius 2 is 2.36 bits per heavy atom. The summed E-state index contributed by atoms with van der Waals surface area (Å²) in [5, 5.41) is 12.4. The highest BCUT2D eigenvalue weighted by atomic mass is 16.3. The Balaban J connectivity index is 2.49. The van der Waals surface area contributed by atoms with Gasteiger partial charge < -0.3 is 10.4 Å². The molecular weight excluding hydrogens is 142 g/mol. The van der Waals surface area contributed by atoms with E-state index in [1.165, 1.54) is 6.33 Å². The quantitative estimate of drug-likeness (QED) is 0.540. The molecule has 0 aliphatic carbocycles. The molecule has 1 aliphatic heterocycles. The van der Waals surface area contributed by atoms with Crippen LogP contribution in [-0.2, 0) is 13.0 Å². The number of aromatic nitrogens is 2. The summed E-state index contributed by atoms with van der Waals surface area (Å²) in [6.45, 7) is 1.64. The minimum absolute atomic E-state index is 0.136. The predicted octanol–water partition coefficient (Wildman–Crippen LogP) is -0.172. The van der Waals surface area contributed by atoms with Crippen molar-refractivity contribution in [3.05, 3.63) is 17.6 Å². The van der Waals surface area contributed by atoms with Crippen LogP contribution in [0, 0.1) is 0 Å².